The van der Waals surface area contributed by atoms with Gasteiger partial charge < -0.3 is 15.5 Å². The van der Waals surface area contributed by atoms with Gasteiger partial charge in [0, 0.05) is 44.5 Å². The lowest BCUT2D eigenvalue weighted by atomic mass is 10.1. The number of piperazine rings is 1. The highest BCUT2D eigenvalue weighted by Crippen LogP contribution is 2.24. The minimum Gasteiger partial charge on any atom is -0.384 e. The molecule has 2 aromatic rings. The lowest BCUT2D eigenvalue weighted by Gasteiger charge is -2.31. The Labute approximate surface area is 127 Å². The monoisotopic (exact) mass is 299 g/mol. The molecule has 0 bridgehead atoms. The van der Waals surface area contributed by atoms with Gasteiger partial charge >= 0.3 is 11.8 Å². The molecular weight excluding hydrogens is 282 g/mol. The van der Waals surface area contributed by atoms with E-state index in [1.165, 1.54) is 9.80 Å². The van der Waals surface area contributed by atoms with Crippen molar-refractivity contribution < 1.29 is 9.59 Å². The van der Waals surface area contributed by atoms with Crippen molar-refractivity contribution in [2.75, 3.05) is 30.8 Å². The fourth-order valence-electron chi connectivity index (χ4n) is 2.41. The van der Waals surface area contributed by atoms with E-state index in [1.54, 1.807) is 24.8 Å². The second-order valence-corrected chi connectivity index (χ2v) is 5.31. The fourth-order valence-corrected chi connectivity index (χ4v) is 2.41. The van der Waals surface area contributed by atoms with Gasteiger partial charge in [0.25, 0.3) is 0 Å². The number of aryl methyl sites for hydroxylation is 1. The van der Waals surface area contributed by atoms with E-state index in [0.29, 0.717) is 24.6 Å². The summed E-state index contributed by atoms with van der Waals surface area (Å²) in [4.78, 5) is 26.7. The van der Waals surface area contributed by atoms with Crippen LogP contribution in [0, 0.1) is 0 Å². The van der Waals surface area contributed by atoms with Crippen molar-refractivity contribution in [2.45, 2.75) is 0 Å². The van der Waals surface area contributed by atoms with Gasteiger partial charge in [-0.2, -0.15) is 5.10 Å². The van der Waals surface area contributed by atoms with Crippen molar-refractivity contribution in [3.05, 3.63) is 30.3 Å². The predicted molar refractivity (Wildman–Crippen MR) is 83.0 cm³/mol. The Morgan fingerprint density at radius 1 is 1.05 bits per heavy atom. The summed E-state index contributed by atoms with van der Waals surface area (Å²) < 4.78 is 1.60. The minimum atomic E-state index is -0.497. The fraction of sp³-hybridized carbons (Fsp3) is 0.267. The average Bonchev–Trinajstić information content (AvgIpc) is 2.85. The van der Waals surface area contributed by atoms with E-state index >= 15 is 0 Å². The molecule has 2 amide bonds. The Morgan fingerprint density at radius 3 is 2.32 bits per heavy atom. The van der Waals surface area contributed by atoms with Crippen LogP contribution in [0.3, 0.4) is 0 Å². The van der Waals surface area contributed by atoms with E-state index in [9.17, 15) is 9.59 Å². The highest BCUT2D eigenvalue weighted by Gasteiger charge is 2.31. The maximum atomic E-state index is 12.0. The number of amides is 2. The number of likely N-dealkylation sites (N-methyl/N-ethyl adjacent to an activating group) is 1. The second-order valence-electron chi connectivity index (χ2n) is 5.31. The molecule has 2 heterocycles. The van der Waals surface area contributed by atoms with Gasteiger partial charge in [0.15, 0.2) is 0 Å². The van der Waals surface area contributed by atoms with Gasteiger partial charge in [0.2, 0.25) is 0 Å². The van der Waals surface area contributed by atoms with Crippen molar-refractivity contribution in [2.24, 2.45) is 7.05 Å². The van der Waals surface area contributed by atoms with Gasteiger partial charge in [-0.1, -0.05) is 12.1 Å². The van der Waals surface area contributed by atoms with Gasteiger partial charge in [-0.25, -0.2) is 0 Å². The second kappa shape index (κ2) is 5.18. The standard InChI is InChI=1S/C15H17N5O2/c1-18-7-8-20(15(22)14(18)21)11-5-3-10(4-6-11)12-9-13(16)19(2)17-12/h3-6,9H,7-8,16H2,1-2H3. The third kappa shape index (κ3) is 2.30. The predicted octanol–water partition coefficient (Wildman–Crippen LogP) is 0.474. The lowest BCUT2D eigenvalue weighted by Crippen LogP contribution is -2.52. The number of hydrogen-bond acceptors (Lipinski definition) is 4. The Morgan fingerprint density at radius 2 is 1.73 bits per heavy atom. The topological polar surface area (TPSA) is 84.5 Å². The molecule has 1 aliphatic heterocycles. The van der Waals surface area contributed by atoms with Crippen molar-refractivity contribution in [1.82, 2.24) is 14.7 Å². The van der Waals surface area contributed by atoms with Crippen LogP contribution in [-0.4, -0.2) is 46.6 Å². The number of nitrogens with zero attached hydrogens (tertiary/aromatic N) is 4. The molecule has 0 saturated carbocycles. The highest BCUT2D eigenvalue weighted by atomic mass is 16.2. The van der Waals surface area contributed by atoms with Crippen LogP contribution in [-0.2, 0) is 16.6 Å². The normalized spacial score (nSPS) is 15.5. The summed E-state index contributed by atoms with van der Waals surface area (Å²) in [5.41, 5.74) is 8.16. The molecule has 7 heteroatoms. The molecule has 0 aliphatic carbocycles. The number of carbonyl (C=O) groups is 2. The third-order valence-corrected chi connectivity index (χ3v) is 3.82. The van der Waals surface area contributed by atoms with Gasteiger partial charge in [0.05, 0.1) is 5.69 Å². The largest absolute Gasteiger partial charge is 0.384 e. The minimum absolute atomic E-state index is 0.479. The average molecular weight is 299 g/mol. The molecule has 1 aromatic carbocycles. The van der Waals surface area contributed by atoms with Gasteiger partial charge in [-0.3, -0.25) is 14.3 Å². The number of nitrogen functional groups attached to an aromatic ring is 1. The number of anilines is 2. The lowest BCUT2D eigenvalue weighted by molar-refractivity contribution is -0.145. The summed E-state index contributed by atoms with van der Waals surface area (Å²) >= 11 is 0. The SMILES string of the molecule is CN1CCN(c2ccc(-c3cc(N)n(C)n3)cc2)C(=O)C1=O. The zero-order chi connectivity index (χ0) is 15.9. The number of aromatic nitrogens is 2. The van der Waals surface area contributed by atoms with E-state index in [2.05, 4.69) is 5.10 Å². The molecule has 0 radical (unpaired) electrons. The van der Waals surface area contributed by atoms with E-state index < -0.39 is 11.8 Å². The summed E-state index contributed by atoms with van der Waals surface area (Å²) in [5.74, 6) is -0.393. The number of carbonyl (C=O) groups excluding carboxylic acids is 2. The molecule has 0 spiro atoms. The molecule has 114 valence electrons. The maximum absolute atomic E-state index is 12.0. The van der Waals surface area contributed by atoms with Crippen molar-refractivity contribution in [3.63, 3.8) is 0 Å². The first-order chi connectivity index (χ1) is 10.5. The number of benzene rings is 1. The van der Waals surface area contributed by atoms with Gasteiger partial charge in [0.1, 0.15) is 5.82 Å². The van der Waals surface area contributed by atoms with Crippen LogP contribution in [0.15, 0.2) is 30.3 Å². The molecule has 1 saturated heterocycles. The van der Waals surface area contributed by atoms with Gasteiger partial charge in [-0.15, -0.1) is 0 Å². The van der Waals surface area contributed by atoms with E-state index in [1.807, 2.05) is 24.3 Å². The zero-order valence-electron chi connectivity index (χ0n) is 12.5. The summed E-state index contributed by atoms with van der Waals surface area (Å²) in [6, 6.07) is 9.16. The van der Waals surface area contributed by atoms with Crippen LogP contribution in [0.25, 0.3) is 11.3 Å². The van der Waals surface area contributed by atoms with Crippen molar-refractivity contribution in [1.29, 1.82) is 0 Å². The van der Waals surface area contributed by atoms with Crippen molar-refractivity contribution in [3.8, 4) is 11.3 Å². The molecule has 22 heavy (non-hydrogen) atoms. The molecule has 2 N–H and O–H groups in total. The summed E-state index contributed by atoms with van der Waals surface area (Å²) in [7, 11) is 3.41. The Bertz CT molecular complexity index is 715. The Hall–Kier alpha value is -2.83. The summed E-state index contributed by atoms with van der Waals surface area (Å²) in [6.45, 7) is 1.03. The Kier molecular flexibility index (Phi) is 3.32. The molecule has 7 nitrogen and oxygen atoms in total. The summed E-state index contributed by atoms with van der Waals surface area (Å²) in [6.07, 6.45) is 0. The molecule has 1 fully saturated rings. The number of rotatable bonds is 2. The van der Waals surface area contributed by atoms with Crippen LogP contribution in [0.4, 0.5) is 11.5 Å². The first-order valence-electron chi connectivity index (χ1n) is 6.94. The van der Waals surface area contributed by atoms with Crippen LogP contribution in [0.1, 0.15) is 0 Å². The van der Waals surface area contributed by atoms with Gasteiger partial charge in [-0.05, 0) is 12.1 Å². The summed E-state index contributed by atoms with van der Waals surface area (Å²) in [5, 5.41) is 4.31. The third-order valence-electron chi connectivity index (χ3n) is 3.82. The Balaban J connectivity index is 1.85. The first-order valence-corrected chi connectivity index (χ1v) is 6.94. The molecular formula is C15H17N5O2. The molecule has 1 aromatic heterocycles. The quantitative estimate of drug-likeness (QED) is 0.817. The smallest absolute Gasteiger partial charge is 0.316 e. The van der Waals surface area contributed by atoms with Crippen LogP contribution in [0.5, 0.6) is 0 Å². The van der Waals surface area contributed by atoms with Crippen LogP contribution < -0.4 is 10.6 Å². The molecule has 0 atom stereocenters. The van der Waals surface area contributed by atoms with E-state index in [4.69, 9.17) is 5.73 Å². The molecule has 3 rings (SSSR count). The molecule has 0 unspecified atom stereocenters. The maximum Gasteiger partial charge on any atom is 0.316 e. The highest BCUT2D eigenvalue weighted by molar-refractivity contribution is 6.40. The van der Waals surface area contributed by atoms with Crippen molar-refractivity contribution >= 4 is 23.3 Å². The van der Waals surface area contributed by atoms with E-state index in [-0.39, 0.29) is 0 Å². The van der Waals surface area contributed by atoms with Crippen LogP contribution >= 0.6 is 0 Å². The number of hydrogen-bond donors (Lipinski definition) is 1. The van der Waals surface area contributed by atoms with Crippen LogP contribution in [0.2, 0.25) is 0 Å². The molecule has 1 aliphatic rings. The zero-order valence-corrected chi connectivity index (χ0v) is 12.5. The van der Waals surface area contributed by atoms with E-state index in [0.717, 1.165) is 11.3 Å². The number of nitrogens with two attached hydrogens (primary N) is 1. The first kappa shape index (κ1) is 14.1.